The van der Waals surface area contributed by atoms with Crippen LogP contribution in [0.1, 0.15) is 27.5 Å². The molecule has 0 aliphatic carbocycles. The molecule has 1 N–H and O–H groups in total. The third-order valence-corrected chi connectivity index (χ3v) is 3.81. The summed E-state index contributed by atoms with van der Waals surface area (Å²) in [6.45, 7) is 1.35. The molecule has 162 valence electrons. The minimum Gasteiger partial charge on any atom is -0.465 e. The summed E-state index contributed by atoms with van der Waals surface area (Å²) in [7, 11) is 1.23. The van der Waals surface area contributed by atoms with Gasteiger partial charge >= 0.3 is 24.1 Å². The van der Waals surface area contributed by atoms with E-state index in [0.29, 0.717) is 5.56 Å². The molecule has 0 unspecified atom stereocenters. The van der Waals surface area contributed by atoms with E-state index in [1.807, 2.05) is 0 Å². The third kappa shape index (κ3) is 5.32. The topological polar surface area (TPSA) is 129 Å². The molecule has 3 aromatic rings. The molecular formula is C18H14F3N5O5. The standard InChI is InChI=1S/C18H14F3N5O5/c1-9-12(3-4-13(23-9)14-25-16(31-26-14)18(19,20)21)24-17(28)30-8-10-5-11(7-22-6-10)15(27)29-2/h3-7H,8H2,1-2H3,(H,24,28). The number of hydrogen-bond donors (Lipinski definition) is 1. The van der Waals surface area contributed by atoms with Crippen LogP contribution in [0.3, 0.4) is 0 Å². The number of ether oxygens (including phenoxy) is 2. The molecule has 0 spiro atoms. The van der Waals surface area contributed by atoms with Gasteiger partial charge in [-0.3, -0.25) is 10.3 Å². The summed E-state index contributed by atoms with van der Waals surface area (Å²) in [4.78, 5) is 34.7. The number of halogens is 3. The van der Waals surface area contributed by atoms with Crippen molar-refractivity contribution in [1.29, 1.82) is 0 Å². The molecule has 0 saturated carbocycles. The van der Waals surface area contributed by atoms with Crippen molar-refractivity contribution in [3.05, 3.63) is 53.3 Å². The number of amides is 1. The van der Waals surface area contributed by atoms with Gasteiger partial charge in [-0.2, -0.15) is 18.2 Å². The number of methoxy groups -OCH3 is 1. The first kappa shape index (κ1) is 21.7. The number of rotatable bonds is 5. The van der Waals surface area contributed by atoms with Gasteiger partial charge in [0.2, 0.25) is 5.82 Å². The minimum atomic E-state index is -4.77. The van der Waals surface area contributed by atoms with Gasteiger partial charge in [0.25, 0.3) is 0 Å². The maximum atomic E-state index is 12.6. The van der Waals surface area contributed by atoms with Gasteiger partial charge in [0, 0.05) is 18.0 Å². The number of alkyl halides is 3. The second-order valence-corrected chi connectivity index (χ2v) is 6.02. The van der Waals surface area contributed by atoms with Gasteiger partial charge < -0.3 is 14.0 Å². The van der Waals surface area contributed by atoms with Gasteiger partial charge in [0.05, 0.1) is 24.1 Å². The average molecular weight is 437 g/mol. The van der Waals surface area contributed by atoms with Crippen molar-refractivity contribution >= 4 is 17.7 Å². The monoisotopic (exact) mass is 437 g/mol. The summed E-state index contributed by atoms with van der Waals surface area (Å²) in [5.41, 5.74) is 1.23. The maximum absolute atomic E-state index is 12.6. The predicted molar refractivity (Wildman–Crippen MR) is 96.7 cm³/mol. The SMILES string of the molecule is COC(=O)c1cncc(COC(=O)Nc2ccc(-c3noc(C(F)(F)F)n3)nc2C)c1. The van der Waals surface area contributed by atoms with E-state index in [-0.39, 0.29) is 35.1 Å². The molecule has 0 bridgehead atoms. The van der Waals surface area contributed by atoms with Crippen molar-refractivity contribution in [3.8, 4) is 11.5 Å². The van der Waals surface area contributed by atoms with Crippen molar-refractivity contribution < 1.29 is 36.8 Å². The van der Waals surface area contributed by atoms with Crippen LogP contribution in [-0.2, 0) is 22.3 Å². The molecule has 31 heavy (non-hydrogen) atoms. The number of anilines is 1. The molecule has 0 radical (unpaired) electrons. The molecule has 0 saturated heterocycles. The average Bonchev–Trinajstić information content (AvgIpc) is 3.24. The molecule has 1 amide bonds. The first-order chi connectivity index (χ1) is 14.7. The Bertz CT molecular complexity index is 1120. The Morgan fingerprint density at radius 2 is 1.97 bits per heavy atom. The number of nitrogens with one attached hydrogen (secondary N) is 1. The van der Waals surface area contributed by atoms with Gasteiger partial charge in [0.1, 0.15) is 12.3 Å². The Morgan fingerprint density at radius 3 is 2.61 bits per heavy atom. The molecule has 13 heteroatoms. The number of carbonyl (C=O) groups is 2. The van der Waals surface area contributed by atoms with E-state index < -0.39 is 24.1 Å². The molecule has 0 aliphatic heterocycles. The number of aromatic nitrogens is 4. The molecule has 3 heterocycles. The number of esters is 1. The molecule has 3 aromatic heterocycles. The number of hydrogen-bond acceptors (Lipinski definition) is 9. The highest BCUT2D eigenvalue weighted by Gasteiger charge is 2.38. The molecule has 0 atom stereocenters. The second-order valence-electron chi connectivity index (χ2n) is 6.02. The Morgan fingerprint density at radius 1 is 1.19 bits per heavy atom. The quantitative estimate of drug-likeness (QED) is 0.597. The van der Waals surface area contributed by atoms with Crippen molar-refractivity contribution in [2.24, 2.45) is 0 Å². The molecular weight excluding hydrogens is 423 g/mol. The smallest absolute Gasteiger partial charge is 0.465 e. The van der Waals surface area contributed by atoms with E-state index in [4.69, 9.17) is 4.74 Å². The zero-order valence-electron chi connectivity index (χ0n) is 16.1. The third-order valence-electron chi connectivity index (χ3n) is 3.81. The van der Waals surface area contributed by atoms with Crippen LogP contribution in [0.5, 0.6) is 0 Å². The Kier molecular flexibility index (Phi) is 6.13. The van der Waals surface area contributed by atoms with Crippen LogP contribution < -0.4 is 5.32 Å². The minimum absolute atomic E-state index is 0.0290. The Labute approximate surface area is 172 Å². The summed E-state index contributed by atoms with van der Waals surface area (Å²) >= 11 is 0. The Hall–Kier alpha value is -4.03. The lowest BCUT2D eigenvalue weighted by Crippen LogP contribution is -2.15. The first-order valence-corrected chi connectivity index (χ1v) is 8.52. The van der Waals surface area contributed by atoms with E-state index in [9.17, 15) is 22.8 Å². The molecule has 3 rings (SSSR count). The highest BCUT2D eigenvalue weighted by atomic mass is 19.4. The van der Waals surface area contributed by atoms with Crippen LogP contribution in [0.2, 0.25) is 0 Å². The van der Waals surface area contributed by atoms with Crippen molar-refractivity contribution in [2.75, 3.05) is 12.4 Å². The van der Waals surface area contributed by atoms with Crippen molar-refractivity contribution in [2.45, 2.75) is 19.7 Å². The van der Waals surface area contributed by atoms with Crippen LogP contribution in [0, 0.1) is 6.92 Å². The molecule has 0 fully saturated rings. The molecule has 10 nitrogen and oxygen atoms in total. The first-order valence-electron chi connectivity index (χ1n) is 8.52. The van der Waals surface area contributed by atoms with Crippen LogP contribution in [0.15, 0.2) is 35.1 Å². The summed E-state index contributed by atoms with van der Waals surface area (Å²) < 4.78 is 51.6. The van der Waals surface area contributed by atoms with Gasteiger partial charge in [0.15, 0.2) is 0 Å². The van der Waals surface area contributed by atoms with Crippen LogP contribution >= 0.6 is 0 Å². The predicted octanol–water partition coefficient (Wildman–Crippen LogP) is 3.39. The summed E-state index contributed by atoms with van der Waals surface area (Å²) in [6, 6.07) is 4.19. The van der Waals surface area contributed by atoms with Gasteiger partial charge in [-0.05, 0) is 25.1 Å². The zero-order valence-corrected chi connectivity index (χ0v) is 16.1. The lowest BCUT2D eigenvalue weighted by atomic mass is 10.2. The van der Waals surface area contributed by atoms with Crippen molar-refractivity contribution in [3.63, 3.8) is 0 Å². The highest BCUT2D eigenvalue weighted by Crippen LogP contribution is 2.29. The van der Waals surface area contributed by atoms with Crippen molar-refractivity contribution in [1.82, 2.24) is 20.1 Å². The fourth-order valence-electron chi connectivity index (χ4n) is 2.35. The normalized spacial score (nSPS) is 11.1. The molecule has 0 aromatic carbocycles. The number of carbonyl (C=O) groups excluding carboxylic acids is 2. The van der Waals surface area contributed by atoms with E-state index in [0.717, 1.165) is 0 Å². The van der Waals surface area contributed by atoms with Crippen LogP contribution in [-0.4, -0.2) is 39.3 Å². The summed E-state index contributed by atoms with van der Waals surface area (Å²) in [5, 5.41) is 5.71. The van der Waals surface area contributed by atoms with E-state index in [2.05, 4.69) is 34.7 Å². The highest BCUT2D eigenvalue weighted by molar-refractivity contribution is 5.89. The van der Waals surface area contributed by atoms with E-state index in [1.54, 1.807) is 0 Å². The number of nitrogens with zero attached hydrogens (tertiary/aromatic N) is 4. The summed E-state index contributed by atoms with van der Waals surface area (Å²) in [5.74, 6) is -2.41. The fraction of sp³-hybridized carbons (Fsp3) is 0.222. The lowest BCUT2D eigenvalue weighted by molar-refractivity contribution is -0.159. The maximum Gasteiger partial charge on any atom is 0.471 e. The number of aryl methyl sites for hydroxylation is 1. The molecule has 0 aliphatic rings. The van der Waals surface area contributed by atoms with Gasteiger partial charge in [-0.25, -0.2) is 14.6 Å². The van der Waals surface area contributed by atoms with Gasteiger partial charge in [-0.1, -0.05) is 5.16 Å². The zero-order chi connectivity index (χ0) is 22.6. The summed E-state index contributed by atoms with van der Waals surface area (Å²) in [6.07, 6.45) is -2.85. The van der Waals surface area contributed by atoms with E-state index in [1.165, 1.54) is 44.6 Å². The fourth-order valence-corrected chi connectivity index (χ4v) is 2.35. The Balaban J connectivity index is 1.63. The van der Waals surface area contributed by atoms with E-state index >= 15 is 0 Å². The number of pyridine rings is 2. The lowest BCUT2D eigenvalue weighted by Gasteiger charge is -2.10. The largest absolute Gasteiger partial charge is 0.471 e. The van der Waals surface area contributed by atoms with Crippen LogP contribution in [0.25, 0.3) is 11.5 Å². The van der Waals surface area contributed by atoms with Crippen LogP contribution in [0.4, 0.5) is 23.7 Å². The second kappa shape index (κ2) is 8.77. The van der Waals surface area contributed by atoms with Gasteiger partial charge in [-0.15, -0.1) is 0 Å².